The molecule has 1 N–H and O–H groups in total. The van der Waals surface area contributed by atoms with Gasteiger partial charge in [-0.05, 0) is 62.7 Å². The van der Waals surface area contributed by atoms with Crippen LogP contribution in [0.15, 0.2) is 0 Å². The summed E-state index contributed by atoms with van der Waals surface area (Å²) in [5, 5.41) is 3.40. The van der Waals surface area contributed by atoms with Crippen molar-refractivity contribution in [3.63, 3.8) is 0 Å². The average molecular weight is 254 g/mol. The van der Waals surface area contributed by atoms with Gasteiger partial charge in [0, 0.05) is 6.54 Å². The fourth-order valence-corrected chi connectivity index (χ4v) is 2.45. The zero-order valence-electron chi connectivity index (χ0n) is 13.2. The Morgan fingerprint density at radius 1 is 0.944 bits per heavy atom. The molecule has 0 aromatic rings. The van der Waals surface area contributed by atoms with E-state index in [0.29, 0.717) is 0 Å². The Morgan fingerprint density at radius 2 is 1.44 bits per heavy atom. The van der Waals surface area contributed by atoms with Crippen LogP contribution in [-0.4, -0.2) is 37.6 Å². The predicted molar refractivity (Wildman–Crippen MR) is 80.9 cm³/mol. The molecule has 1 aliphatic heterocycles. The summed E-state index contributed by atoms with van der Waals surface area (Å²) in [4.78, 5) is 2.71. The zero-order chi connectivity index (χ0) is 13.5. The van der Waals surface area contributed by atoms with Crippen molar-refractivity contribution in [1.29, 1.82) is 0 Å². The lowest BCUT2D eigenvalue weighted by molar-refractivity contribution is 0.156. The van der Waals surface area contributed by atoms with Gasteiger partial charge >= 0.3 is 0 Å². The van der Waals surface area contributed by atoms with Crippen molar-refractivity contribution in [3.05, 3.63) is 0 Å². The molecule has 1 saturated heterocycles. The molecule has 1 rings (SSSR count). The minimum Gasteiger partial charge on any atom is -0.316 e. The zero-order valence-corrected chi connectivity index (χ0v) is 13.2. The lowest BCUT2D eigenvalue weighted by Gasteiger charge is -2.36. The van der Waals surface area contributed by atoms with E-state index in [9.17, 15) is 0 Å². The Labute approximate surface area is 115 Å². The van der Waals surface area contributed by atoms with Crippen LogP contribution >= 0.6 is 0 Å². The molecule has 2 heteroatoms. The first-order valence-electron chi connectivity index (χ1n) is 7.92. The second kappa shape index (κ2) is 8.16. The Hall–Kier alpha value is -0.0800. The van der Waals surface area contributed by atoms with E-state index in [-0.39, 0.29) is 0 Å². The summed E-state index contributed by atoms with van der Waals surface area (Å²) in [6.45, 7) is 18.1. The molecule has 0 amide bonds. The second-order valence-corrected chi connectivity index (χ2v) is 7.06. The van der Waals surface area contributed by atoms with Crippen molar-refractivity contribution >= 4 is 0 Å². The summed E-state index contributed by atoms with van der Waals surface area (Å²) in [7, 11) is 0. The van der Waals surface area contributed by atoms with Crippen molar-refractivity contribution in [3.8, 4) is 0 Å². The first kappa shape index (κ1) is 16.0. The minimum absolute atomic E-state index is 0.826. The first-order chi connectivity index (χ1) is 8.49. The molecule has 108 valence electrons. The van der Waals surface area contributed by atoms with Crippen LogP contribution in [0.3, 0.4) is 0 Å². The number of hydrogen-bond acceptors (Lipinski definition) is 2. The molecule has 1 unspecified atom stereocenters. The van der Waals surface area contributed by atoms with Crippen molar-refractivity contribution in [2.45, 2.75) is 47.5 Å². The van der Waals surface area contributed by atoms with E-state index < -0.39 is 0 Å². The molecule has 1 aliphatic rings. The third kappa shape index (κ3) is 6.19. The van der Waals surface area contributed by atoms with Gasteiger partial charge < -0.3 is 10.2 Å². The highest BCUT2D eigenvalue weighted by Gasteiger charge is 2.25. The van der Waals surface area contributed by atoms with E-state index in [1.165, 1.54) is 45.6 Å². The van der Waals surface area contributed by atoms with Gasteiger partial charge in [-0.2, -0.15) is 0 Å². The Bertz CT molecular complexity index is 197. The van der Waals surface area contributed by atoms with Gasteiger partial charge in [-0.3, -0.25) is 0 Å². The van der Waals surface area contributed by atoms with Crippen molar-refractivity contribution in [2.75, 3.05) is 32.7 Å². The number of hydrogen-bond donors (Lipinski definition) is 1. The number of rotatable bonds is 9. The van der Waals surface area contributed by atoms with Crippen LogP contribution < -0.4 is 5.32 Å². The molecule has 0 aromatic heterocycles. The van der Waals surface area contributed by atoms with E-state index in [2.05, 4.69) is 44.8 Å². The van der Waals surface area contributed by atoms with E-state index in [4.69, 9.17) is 0 Å². The molecule has 0 aromatic carbocycles. The third-order valence-electron chi connectivity index (χ3n) is 4.21. The van der Waals surface area contributed by atoms with Crippen LogP contribution in [0.5, 0.6) is 0 Å². The van der Waals surface area contributed by atoms with Crippen molar-refractivity contribution in [2.24, 2.45) is 23.7 Å². The molecule has 0 aliphatic carbocycles. The van der Waals surface area contributed by atoms with E-state index in [1.54, 1.807) is 0 Å². The number of nitrogens with one attached hydrogen (secondary N) is 1. The molecule has 1 atom stereocenters. The van der Waals surface area contributed by atoms with Crippen LogP contribution in [0, 0.1) is 23.7 Å². The maximum absolute atomic E-state index is 3.40. The summed E-state index contributed by atoms with van der Waals surface area (Å²) in [6.07, 6.45) is 2.68. The average Bonchev–Trinajstić information content (AvgIpc) is 2.19. The van der Waals surface area contributed by atoms with Gasteiger partial charge in [0.05, 0.1) is 0 Å². The molecular weight excluding hydrogens is 220 g/mol. The summed E-state index contributed by atoms with van der Waals surface area (Å²) < 4.78 is 0. The summed E-state index contributed by atoms with van der Waals surface area (Å²) in [5.74, 6) is 3.43. The first-order valence-corrected chi connectivity index (χ1v) is 7.92. The lowest BCUT2D eigenvalue weighted by atomic mass is 9.88. The normalized spacial score (nSPS) is 18.7. The molecular formula is C16H34N2. The molecule has 2 nitrogen and oxygen atoms in total. The third-order valence-corrected chi connectivity index (χ3v) is 4.21. The smallest absolute Gasteiger partial charge is 0.00106 e. The van der Waals surface area contributed by atoms with Gasteiger partial charge in [0.2, 0.25) is 0 Å². The van der Waals surface area contributed by atoms with Gasteiger partial charge in [0.15, 0.2) is 0 Å². The predicted octanol–water partition coefficient (Wildman–Crippen LogP) is 3.24. The summed E-state index contributed by atoms with van der Waals surface area (Å²) >= 11 is 0. The number of nitrogens with zero attached hydrogens (tertiary/aromatic N) is 1. The Balaban J connectivity index is 2.31. The minimum atomic E-state index is 0.826. The molecule has 1 fully saturated rings. The van der Waals surface area contributed by atoms with E-state index in [1.807, 2.05) is 0 Å². The molecule has 18 heavy (non-hydrogen) atoms. The van der Waals surface area contributed by atoms with Gasteiger partial charge in [-0.15, -0.1) is 0 Å². The van der Waals surface area contributed by atoms with Crippen molar-refractivity contribution in [1.82, 2.24) is 10.2 Å². The Kier molecular flexibility index (Phi) is 7.25. The molecule has 0 radical (unpaired) electrons. The van der Waals surface area contributed by atoms with E-state index in [0.717, 1.165) is 23.7 Å². The molecule has 0 spiro atoms. The largest absolute Gasteiger partial charge is 0.316 e. The fraction of sp³-hybridized carbons (Fsp3) is 1.00. The lowest BCUT2D eigenvalue weighted by Crippen LogP contribution is -2.48. The van der Waals surface area contributed by atoms with Gasteiger partial charge in [0.25, 0.3) is 0 Å². The topological polar surface area (TPSA) is 15.3 Å². The Morgan fingerprint density at radius 3 is 1.78 bits per heavy atom. The highest BCUT2D eigenvalue weighted by molar-refractivity contribution is 4.81. The standard InChI is InChI=1S/C16H34N2/c1-13(2)6-8-18(9-7-14(3)4)12-15(5)16-10-17-11-16/h13-17H,6-12H2,1-5H3. The maximum atomic E-state index is 3.40. The van der Waals surface area contributed by atoms with Crippen LogP contribution in [0.4, 0.5) is 0 Å². The van der Waals surface area contributed by atoms with Gasteiger partial charge in [-0.25, -0.2) is 0 Å². The monoisotopic (exact) mass is 254 g/mol. The molecule has 1 heterocycles. The second-order valence-electron chi connectivity index (χ2n) is 7.06. The highest BCUT2D eigenvalue weighted by Crippen LogP contribution is 2.18. The van der Waals surface area contributed by atoms with Crippen LogP contribution in [0.25, 0.3) is 0 Å². The van der Waals surface area contributed by atoms with Gasteiger partial charge in [-0.1, -0.05) is 34.6 Å². The van der Waals surface area contributed by atoms with Crippen LogP contribution in [-0.2, 0) is 0 Å². The molecule has 0 bridgehead atoms. The SMILES string of the molecule is CC(C)CCN(CCC(C)C)CC(C)C1CNC1. The summed E-state index contributed by atoms with van der Waals surface area (Å²) in [5.41, 5.74) is 0. The molecule has 0 saturated carbocycles. The van der Waals surface area contributed by atoms with Crippen LogP contribution in [0.2, 0.25) is 0 Å². The van der Waals surface area contributed by atoms with Crippen LogP contribution in [0.1, 0.15) is 47.5 Å². The summed E-state index contributed by atoms with van der Waals surface area (Å²) in [6, 6.07) is 0. The maximum Gasteiger partial charge on any atom is 0.00106 e. The highest BCUT2D eigenvalue weighted by atomic mass is 15.1. The van der Waals surface area contributed by atoms with E-state index >= 15 is 0 Å². The quantitative estimate of drug-likeness (QED) is 0.679. The fourth-order valence-electron chi connectivity index (χ4n) is 2.45. The van der Waals surface area contributed by atoms with Gasteiger partial charge in [0.1, 0.15) is 0 Å². The van der Waals surface area contributed by atoms with Crippen molar-refractivity contribution < 1.29 is 0 Å².